The quantitative estimate of drug-likeness (QED) is 0.659. The van der Waals surface area contributed by atoms with Gasteiger partial charge >= 0.3 is 0 Å². The fourth-order valence-electron chi connectivity index (χ4n) is 3.70. The van der Waals surface area contributed by atoms with E-state index in [1.54, 1.807) is 10.7 Å². The van der Waals surface area contributed by atoms with Crippen molar-refractivity contribution in [2.45, 2.75) is 33.2 Å². The average Bonchev–Trinajstić information content (AvgIpc) is 3.11. The Bertz CT molecular complexity index is 1140. The predicted molar refractivity (Wildman–Crippen MR) is 114 cm³/mol. The van der Waals surface area contributed by atoms with Crippen LogP contribution in [-0.2, 0) is 9.59 Å². The highest BCUT2D eigenvalue weighted by Crippen LogP contribution is 2.38. The highest BCUT2D eigenvalue weighted by Gasteiger charge is 2.36. The molecule has 1 aliphatic rings. The number of nitrogens with one attached hydrogen (secondary N) is 2. The minimum atomic E-state index is -0.692. The highest BCUT2D eigenvalue weighted by molar-refractivity contribution is 6.30. The summed E-state index contributed by atoms with van der Waals surface area (Å²) in [4.78, 5) is 25.2. The van der Waals surface area contributed by atoms with Gasteiger partial charge in [-0.25, -0.2) is 4.68 Å². The van der Waals surface area contributed by atoms with Crippen molar-refractivity contribution < 1.29 is 9.59 Å². The normalized spacial score (nSPS) is 15.2. The van der Waals surface area contributed by atoms with Gasteiger partial charge in [-0.05, 0) is 50.1 Å². The Balaban J connectivity index is 1.59. The first kappa shape index (κ1) is 19.2. The van der Waals surface area contributed by atoms with Crippen LogP contribution in [0, 0.1) is 20.8 Å². The number of carbonyl (C=O) groups is 2. The fourth-order valence-corrected chi connectivity index (χ4v) is 3.89. The van der Waals surface area contributed by atoms with Crippen LogP contribution in [0.5, 0.6) is 0 Å². The summed E-state index contributed by atoms with van der Waals surface area (Å²) >= 11 is 6.12. The van der Waals surface area contributed by atoms with Crippen molar-refractivity contribution in [3.05, 3.63) is 64.3 Å². The van der Waals surface area contributed by atoms with Gasteiger partial charge in [0.2, 0.25) is 5.91 Å². The molecular weight excluding hydrogens is 388 g/mol. The fraction of sp³-hybridized carbons (Fsp3) is 0.227. The number of benzene rings is 2. The molecular formula is C22H21ClN4O2. The number of fused-ring (bicyclic) bond motifs is 1. The molecule has 2 heterocycles. The second kappa shape index (κ2) is 7.37. The molecule has 2 amide bonds. The van der Waals surface area contributed by atoms with E-state index >= 15 is 0 Å². The first-order chi connectivity index (χ1) is 13.8. The average molecular weight is 409 g/mol. The maximum absolute atomic E-state index is 12.6. The molecule has 0 bridgehead atoms. The van der Waals surface area contributed by atoms with E-state index in [0.29, 0.717) is 10.8 Å². The summed E-state index contributed by atoms with van der Waals surface area (Å²) in [7, 11) is 0. The van der Waals surface area contributed by atoms with Crippen molar-refractivity contribution in [3.8, 4) is 11.1 Å². The maximum Gasteiger partial charge on any atom is 0.251 e. The standard InChI is InChI=1S/C22H21ClN4O2/c1-12-7-8-17(13(2)9-12)24-19(28)11-18-22(29)25-21-20(14(3)26-27(18)21)15-5-4-6-16(23)10-15/h4-10,18H,11H2,1-3H3,(H,24,28)(H,25,29). The Morgan fingerprint density at radius 2 is 2.00 bits per heavy atom. The number of halogens is 1. The lowest BCUT2D eigenvalue weighted by Crippen LogP contribution is -2.24. The minimum absolute atomic E-state index is 0.00224. The molecule has 1 atom stereocenters. The Morgan fingerprint density at radius 1 is 1.21 bits per heavy atom. The molecule has 3 aromatic rings. The van der Waals surface area contributed by atoms with E-state index in [9.17, 15) is 9.59 Å². The van der Waals surface area contributed by atoms with Crippen LogP contribution >= 0.6 is 11.6 Å². The minimum Gasteiger partial charge on any atom is -0.326 e. The van der Waals surface area contributed by atoms with E-state index in [2.05, 4.69) is 15.7 Å². The van der Waals surface area contributed by atoms with Crippen molar-refractivity contribution in [1.82, 2.24) is 9.78 Å². The van der Waals surface area contributed by atoms with Gasteiger partial charge < -0.3 is 10.6 Å². The van der Waals surface area contributed by atoms with Crippen LogP contribution in [0.4, 0.5) is 11.5 Å². The van der Waals surface area contributed by atoms with Gasteiger partial charge in [0.05, 0.1) is 12.1 Å². The van der Waals surface area contributed by atoms with Crippen LogP contribution in [-0.4, -0.2) is 21.6 Å². The molecule has 4 rings (SSSR count). The molecule has 1 unspecified atom stereocenters. The highest BCUT2D eigenvalue weighted by atomic mass is 35.5. The second-order valence-electron chi connectivity index (χ2n) is 7.34. The van der Waals surface area contributed by atoms with E-state index in [-0.39, 0.29) is 18.2 Å². The second-order valence-corrected chi connectivity index (χ2v) is 7.78. The van der Waals surface area contributed by atoms with Crippen LogP contribution in [0.3, 0.4) is 0 Å². The lowest BCUT2D eigenvalue weighted by atomic mass is 10.1. The van der Waals surface area contributed by atoms with E-state index in [1.807, 2.05) is 57.2 Å². The maximum atomic E-state index is 12.6. The molecule has 0 saturated carbocycles. The van der Waals surface area contributed by atoms with E-state index < -0.39 is 6.04 Å². The van der Waals surface area contributed by atoms with E-state index in [0.717, 1.165) is 33.6 Å². The smallest absolute Gasteiger partial charge is 0.251 e. The molecule has 7 heteroatoms. The molecule has 0 spiro atoms. The lowest BCUT2D eigenvalue weighted by Gasteiger charge is -2.12. The third-order valence-corrected chi connectivity index (χ3v) is 5.31. The molecule has 0 fully saturated rings. The topological polar surface area (TPSA) is 76.0 Å². The molecule has 0 aliphatic carbocycles. The summed E-state index contributed by atoms with van der Waals surface area (Å²) in [6, 6.07) is 12.5. The molecule has 6 nitrogen and oxygen atoms in total. The van der Waals surface area contributed by atoms with E-state index in [4.69, 9.17) is 11.6 Å². The van der Waals surface area contributed by atoms with Crippen LogP contribution in [0.2, 0.25) is 5.02 Å². The first-order valence-corrected chi connectivity index (χ1v) is 9.74. The van der Waals surface area contributed by atoms with Crippen molar-refractivity contribution >= 4 is 34.9 Å². The van der Waals surface area contributed by atoms with Crippen molar-refractivity contribution in [3.63, 3.8) is 0 Å². The number of aryl methyl sites for hydroxylation is 3. The number of hydrogen-bond acceptors (Lipinski definition) is 3. The molecule has 29 heavy (non-hydrogen) atoms. The van der Waals surface area contributed by atoms with Gasteiger partial charge in [-0.15, -0.1) is 0 Å². The van der Waals surface area contributed by atoms with Crippen molar-refractivity contribution in [2.75, 3.05) is 10.6 Å². The lowest BCUT2D eigenvalue weighted by molar-refractivity contribution is -0.123. The zero-order chi connectivity index (χ0) is 20.7. The van der Waals surface area contributed by atoms with Gasteiger partial charge in [0.15, 0.2) is 0 Å². The van der Waals surface area contributed by atoms with Crippen LogP contribution < -0.4 is 10.6 Å². The number of anilines is 2. The largest absolute Gasteiger partial charge is 0.326 e. The third kappa shape index (κ3) is 3.63. The summed E-state index contributed by atoms with van der Waals surface area (Å²) in [5.41, 5.74) is 5.31. The number of aromatic nitrogens is 2. The number of carbonyl (C=O) groups excluding carboxylic acids is 2. The number of rotatable bonds is 4. The number of hydrogen-bond donors (Lipinski definition) is 2. The molecule has 0 radical (unpaired) electrons. The van der Waals surface area contributed by atoms with Gasteiger partial charge in [-0.1, -0.05) is 41.4 Å². The zero-order valence-corrected chi connectivity index (χ0v) is 17.2. The summed E-state index contributed by atoms with van der Waals surface area (Å²) in [6.45, 7) is 5.82. The van der Waals surface area contributed by atoms with E-state index in [1.165, 1.54) is 0 Å². The third-order valence-electron chi connectivity index (χ3n) is 5.07. The van der Waals surface area contributed by atoms with Crippen molar-refractivity contribution in [1.29, 1.82) is 0 Å². The van der Waals surface area contributed by atoms with Gasteiger partial charge in [0.25, 0.3) is 5.91 Å². The Kier molecular flexibility index (Phi) is 4.88. The van der Waals surface area contributed by atoms with Crippen LogP contribution in [0.1, 0.15) is 29.3 Å². The molecule has 1 aliphatic heterocycles. The summed E-state index contributed by atoms with van der Waals surface area (Å²) < 4.78 is 1.61. The number of nitrogens with zero attached hydrogens (tertiary/aromatic N) is 2. The summed E-state index contributed by atoms with van der Waals surface area (Å²) in [5, 5.41) is 10.9. The number of amides is 2. The predicted octanol–water partition coefficient (Wildman–Crippen LogP) is 4.65. The molecule has 2 N–H and O–H groups in total. The molecule has 1 aromatic heterocycles. The Morgan fingerprint density at radius 3 is 2.72 bits per heavy atom. The Hall–Kier alpha value is -3.12. The van der Waals surface area contributed by atoms with Crippen LogP contribution in [0.15, 0.2) is 42.5 Å². The van der Waals surface area contributed by atoms with Gasteiger partial charge in [0, 0.05) is 16.3 Å². The van der Waals surface area contributed by atoms with Crippen molar-refractivity contribution in [2.24, 2.45) is 0 Å². The first-order valence-electron chi connectivity index (χ1n) is 9.36. The van der Waals surface area contributed by atoms with Gasteiger partial charge in [-0.3, -0.25) is 9.59 Å². The monoisotopic (exact) mass is 408 g/mol. The molecule has 2 aromatic carbocycles. The summed E-state index contributed by atoms with van der Waals surface area (Å²) in [5.74, 6) is 0.119. The molecule has 148 valence electrons. The molecule has 0 saturated heterocycles. The zero-order valence-electron chi connectivity index (χ0n) is 16.4. The summed E-state index contributed by atoms with van der Waals surface area (Å²) in [6.07, 6.45) is 0.00224. The van der Waals surface area contributed by atoms with Gasteiger partial charge in [0.1, 0.15) is 11.9 Å². The Labute approximate surface area is 173 Å². The van der Waals surface area contributed by atoms with Crippen LogP contribution in [0.25, 0.3) is 11.1 Å². The van der Waals surface area contributed by atoms with Gasteiger partial charge in [-0.2, -0.15) is 5.10 Å². The SMILES string of the molecule is Cc1ccc(NC(=O)CC2C(=O)Nc3c(-c4cccc(Cl)c4)c(C)nn32)c(C)c1.